The Bertz CT molecular complexity index is 1510. The second-order valence-corrected chi connectivity index (χ2v) is 12.4. The zero-order valence-electron chi connectivity index (χ0n) is 26.5. The van der Waals surface area contributed by atoms with Crippen molar-refractivity contribution in [3.05, 3.63) is 95.6 Å². The van der Waals surface area contributed by atoms with Gasteiger partial charge in [0.1, 0.15) is 36.1 Å². The molecule has 1 aliphatic heterocycles. The number of carboxylic acid groups (broad SMARTS) is 1. The van der Waals surface area contributed by atoms with Crippen LogP contribution in [0.1, 0.15) is 56.7 Å². The number of aliphatic carboxylic acids is 1. The maximum Gasteiger partial charge on any atom is 0.408 e. The van der Waals surface area contributed by atoms with Gasteiger partial charge in [0.05, 0.1) is 0 Å². The molecule has 1 heterocycles. The van der Waals surface area contributed by atoms with E-state index in [2.05, 4.69) is 21.3 Å². The van der Waals surface area contributed by atoms with Crippen molar-refractivity contribution >= 4 is 29.6 Å². The molecule has 0 fully saturated rings. The van der Waals surface area contributed by atoms with Gasteiger partial charge in [-0.15, -0.1) is 0 Å². The van der Waals surface area contributed by atoms with E-state index in [1.165, 1.54) is 6.92 Å². The first-order chi connectivity index (χ1) is 21.9. The van der Waals surface area contributed by atoms with Gasteiger partial charge in [0.25, 0.3) is 0 Å². The maximum absolute atomic E-state index is 13.4. The van der Waals surface area contributed by atoms with E-state index in [0.29, 0.717) is 18.9 Å². The zero-order chi connectivity index (χ0) is 33.3. The predicted molar refractivity (Wildman–Crippen MR) is 174 cm³/mol. The van der Waals surface area contributed by atoms with Gasteiger partial charge >= 0.3 is 12.1 Å². The summed E-state index contributed by atoms with van der Waals surface area (Å²) < 4.78 is 11.2. The Balaban J connectivity index is 1.38. The summed E-state index contributed by atoms with van der Waals surface area (Å²) in [4.78, 5) is 51.2. The van der Waals surface area contributed by atoms with Crippen molar-refractivity contribution in [1.29, 1.82) is 0 Å². The molecule has 3 amide bonds. The molecule has 11 heteroatoms. The summed E-state index contributed by atoms with van der Waals surface area (Å²) in [7, 11) is 0. The van der Waals surface area contributed by atoms with Crippen LogP contribution in [0.4, 0.5) is 10.5 Å². The number of carbonyl (C=O) groups is 4. The van der Waals surface area contributed by atoms with Crippen molar-refractivity contribution < 1.29 is 33.8 Å². The maximum atomic E-state index is 13.4. The van der Waals surface area contributed by atoms with Crippen LogP contribution >= 0.6 is 0 Å². The lowest BCUT2D eigenvalue weighted by Gasteiger charge is -2.25. The molecule has 4 atom stereocenters. The van der Waals surface area contributed by atoms with Crippen LogP contribution < -0.4 is 26.0 Å². The van der Waals surface area contributed by atoms with Crippen molar-refractivity contribution in [3.63, 3.8) is 0 Å². The lowest BCUT2D eigenvalue weighted by atomic mass is 9.93. The number of alkyl carbamates (subject to hydrolysis) is 1. The van der Waals surface area contributed by atoms with Gasteiger partial charge in [-0.3, -0.25) is 9.59 Å². The van der Waals surface area contributed by atoms with E-state index in [4.69, 9.17) is 9.47 Å². The van der Waals surface area contributed by atoms with Gasteiger partial charge in [0.15, 0.2) is 0 Å². The van der Waals surface area contributed by atoms with E-state index in [1.807, 2.05) is 54.6 Å². The van der Waals surface area contributed by atoms with Crippen LogP contribution in [0.2, 0.25) is 0 Å². The summed E-state index contributed by atoms with van der Waals surface area (Å²) in [6.07, 6.45) is -0.506. The quantitative estimate of drug-likeness (QED) is 0.187. The van der Waals surface area contributed by atoms with Gasteiger partial charge in [-0.25, -0.2) is 9.59 Å². The van der Waals surface area contributed by atoms with Gasteiger partial charge in [0, 0.05) is 24.6 Å². The lowest BCUT2D eigenvalue weighted by Crippen LogP contribution is -2.55. The van der Waals surface area contributed by atoms with Crippen LogP contribution in [-0.2, 0) is 32.1 Å². The average Bonchev–Trinajstić information content (AvgIpc) is 3.42. The standard InChI is InChI=1S/C35H42N4O7/c1-22(31(40)38-30(33(42)43)19-25-20-36-28-13-9-8-12-27(25)28)37-32(41)29(39-34(44)46-35(2,3)4)18-23-14-16-26(17-15-23)45-21-24-10-6-5-7-11-24/h5-17,22,25,29-30,36H,18-21H2,1-4H3,(H,37,41)(H,38,40)(H,39,44)(H,42,43)/t22-,25?,29-,30-/m0/s1. The van der Waals surface area contributed by atoms with E-state index in [9.17, 15) is 24.3 Å². The molecular weight excluding hydrogens is 588 g/mol. The topological polar surface area (TPSA) is 155 Å². The highest BCUT2D eigenvalue weighted by Gasteiger charge is 2.32. The highest BCUT2D eigenvalue weighted by molar-refractivity contribution is 5.92. The van der Waals surface area contributed by atoms with Crippen molar-refractivity contribution in [3.8, 4) is 5.75 Å². The largest absolute Gasteiger partial charge is 0.489 e. The average molecular weight is 631 g/mol. The molecule has 0 radical (unpaired) electrons. The first-order valence-electron chi connectivity index (χ1n) is 15.3. The third-order valence-corrected chi connectivity index (χ3v) is 7.45. The van der Waals surface area contributed by atoms with Crippen molar-refractivity contribution in [2.45, 2.75) is 76.8 Å². The minimum absolute atomic E-state index is 0.0972. The molecule has 0 aliphatic carbocycles. The van der Waals surface area contributed by atoms with Gasteiger partial charge in [0.2, 0.25) is 11.8 Å². The van der Waals surface area contributed by atoms with Crippen LogP contribution in [0.3, 0.4) is 0 Å². The normalized spacial score (nSPS) is 15.7. The smallest absolute Gasteiger partial charge is 0.408 e. The number of nitrogens with one attached hydrogen (secondary N) is 4. The molecule has 11 nitrogen and oxygen atoms in total. The summed E-state index contributed by atoms with van der Waals surface area (Å²) in [6.45, 7) is 7.55. The Morgan fingerprint density at radius 3 is 2.20 bits per heavy atom. The second kappa shape index (κ2) is 15.3. The van der Waals surface area contributed by atoms with Crippen LogP contribution in [0.5, 0.6) is 5.75 Å². The summed E-state index contributed by atoms with van der Waals surface area (Å²) in [5.41, 5.74) is 2.91. The van der Waals surface area contributed by atoms with Crippen LogP contribution in [0.25, 0.3) is 0 Å². The minimum Gasteiger partial charge on any atom is -0.489 e. The number of anilines is 1. The zero-order valence-corrected chi connectivity index (χ0v) is 26.5. The van der Waals surface area contributed by atoms with Crippen LogP contribution in [0, 0.1) is 0 Å². The fraction of sp³-hybridized carbons (Fsp3) is 0.371. The lowest BCUT2D eigenvalue weighted by molar-refractivity contribution is -0.142. The minimum atomic E-state index is -1.17. The number of carboxylic acids is 1. The van der Waals surface area contributed by atoms with Gasteiger partial charge in [-0.2, -0.15) is 0 Å². The molecule has 0 saturated heterocycles. The molecule has 1 aliphatic rings. The number of hydrogen-bond acceptors (Lipinski definition) is 7. The van der Waals surface area contributed by atoms with E-state index in [1.54, 1.807) is 45.0 Å². The summed E-state index contributed by atoms with van der Waals surface area (Å²) in [5, 5.41) is 20.9. The molecule has 0 saturated carbocycles. The Morgan fingerprint density at radius 1 is 0.848 bits per heavy atom. The fourth-order valence-electron chi connectivity index (χ4n) is 5.11. The molecule has 4 rings (SSSR count). The number of rotatable bonds is 13. The Morgan fingerprint density at radius 2 is 1.52 bits per heavy atom. The Kier molecular flexibility index (Phi) is 11.2. The number of para-hydroxylation sites is 1. The number of amides is 3. The van der Waals surface area contributed by atoms with Crippen molar-refractivity contribution in [2.75, 3.05) is 11.9 Å². The van der Waals surface area contributed by atoms with Gasteiger partial charge in [-0.1, -0.05) is 60.7 Å². The van der Waals surface area contributed by atoms with E-state index >= 15 is 0 Å². The monoisotopic (exact) mass is 630 g/mol. The molecule has 0 aromatic heterocycles. The molecule has 244 valence electrons. The van der Waals surface area contributed by atoms with Crippen LogP contribution in [-0.4, -0.2) is 59.3 Å². The Labute approximate surface area is 269 Å². The third kappa shape index (κ3) is 9.98. The summed E-state index contributed by atoms with van der Waals surface area (Å²) in [5.74, 6) is -1.91. The number of ether oxygens (including phenoxy) is 2. The Hall–Kier alpha value is -5.06. The molecule has 1 unspecified atom stereocenters. The molecule has 0 spiro atoms. The van der Waals surface area contributed by atoms with Crippen molar-refractivity contribution in [1.82, 2.24) is 16.0 Å². The third-order valence-electron chi connectivity index (χ3n) is 7.45. The van der Waals surface area contributed by atoms with Gasteiger partial charge < -0.3 is 35.8 Å². The van der Waals surface area contributed by atoms with Crippen LogP contribution in [0.15, 0.2) is 78.9 Å². The summed E-state index contributed by atoms with van der Waals surface area (Å²) >= 11 is 0. The number of benzene rings is 3. The predicted octanol–water partition coefficient (Wildman–Crippen LogP) is 4.37. The highest BCUT2D eigenvalue weighted by atomic mass is 16.6. The van der Waals surface area contributed by atoms with Gasteiger partial charge in [-0.05, 0) is 69.0 Å². The van der Waals surface area contributed by atoms with Crippen molar-refractivity contribution in [2.24, 2.45) is 0 Å². The molecule has 0 bridgehead atoms. The molecule has 3 aromatic carbocycles. The molecule has 3 aromatic rings. The number of carbonyl (C=O) groups excluding carboxylic acids is 3. The first kappa shape index (κ1) is 33.8. The SMILES string of the molecule is C[C@H](NC(=O)[C@H](Cc1ccc(OCc2ccccc2)cc1)NC(=O)OC(C)(C)C)C(=O)N[C@@H](CC1CNc2ccccc21)C(=O)O. The highest BCUT2D eigenvalue weighted by Crippen LogP contribution is 2.34. The van der Waals surface area contributed by atoms with E-state index < -0.39 is 47.6 Å². The fourth-order valence-corrected chi connectivity index (χ4v) is 5.11. The number of hydrogen-bond donors (Lipinski definition) is 5. The van der Waals surface area contributed by atoms with E-state index in [0.717, 1.165) is 22.4 Å². The second-order valence-electron chi connectivity index (χ2n) is 12.4. The number of fused-ring (bicyclic) bond motifs is 1. The molecular formula is C35H42N4O7. The van der Waals surface area contributed by atoms with E-state index in [-0.39, 0.29) is 18.8 Å². The molecule has 46 heavy (non-hydrogen) atoms. The summed E-state index contributed by atoms with van der Waals surface area (Å²) in [6, 6.07) is 21.2. The molecule has 5 N–H and O–H groups in total. The first-order valence-corrected chi connectivity index (χ1v) is 15.3.